The number of hydrogen-bond acceptors (Lipinski definition) is 3. The number of fused-ring (bicyclic) bond motifs is 1. The molecule has 3 N–H and O–H groups in total. The lowest BCUT2D eigenvalue weighted by atomic mass is 10.0. The van der Waals surface area contributed by atoms with Crippen LogP contribution in [0.25, 0.3) is 11.0 Å². The van der Waals surface area contributed by atoms with Gasteiger partial charge in [-0.3, -0.25) is 4.79 Å². The van der Waals surface area contributed by atoms with Crippen LogP contribution in [0.2, 0.25) is 0 Å². The number of aromatic nitrogens is 2. The number of H-pyrrole nitrogens is 1. The van der Waals surface area contributed by atoms with Gasteiger partial charge < -0.3 is 15.4 Å². The molecule has 5 heteroatoms. The van der Waals surface area contributed by atoms with Crippen LogP contribution in [0.1, 0.15) is 32.5 Å². The lowest BCUT2D eigenvalue weighted by molar-refractivity contribution is -0.122. The standard InChI is InChI=1S/C16H23N3O2/c1-11(2)12(9-10-20)19-16(21)8-7-15-17-13-5-3-4-6-14(13)18-15/h3-6,11-12,20H,7-10H2,1-2H3,(H,17,18)(H,19,21). The average molecular weight is 289 g/mol. The third-order valence-corrected chi connectivity index (χ3v) is 3.62. The number of hydrogen-bond donors (Lipinski definition) is 3. The molecule has 1 aromatic carbocycles. The van der Waals surface area contributed by atoms with Gasteiger partial charge in [-0.05, 0) is 24.5 Å². The number of aromatic amines is 1. The van der Waals surface area contributed by atoms with Crippen LogP contribution < -0.4 is 5.32 Å². The van der Waals surface area contributed by atoms with Crippen molar-refractivity contribution < 1.29 is 9.90 Å². The minimum absolute atomic E-state index is 0.00241. The molecule has 1 aromatic heterocycles. The van der Waals surface area contributed by atoms with Gasteiger partial charge in [-0.1, -0.05) is 26.0 Å². The van der Waals surface area contributed by atoms with E-state index >= 15 is 0 Å². The van der Waals surface area contributed by atoms with E-state index < -0.39 is 0 Å². The van der Waals surface area contributed by atoms with Crippen molar-refractivity contribution >= 4 is 16.9 Å². The number of aliphatic hydroxyl groups is 1. The molecule has 0 fully saturated rings. The van der Waals surface area contributed by atoms with E-state index in [0.29, 0.717) is 25.2 Å². The van der Waals surface area contributed by atoms with Crippen LogP contribution in [0.5, 0.6) is 0 Å². The first-order valence-electron chi connectivity index (χ1n) is 7.44. The minimum atomic E-state index is 0.00241. The monoisotopic (exact) mass is 289 g/mol. The number of carbonyl (C=O) groups is 1. The zero-order chi connectivity index (χ0) is 15.2. The maximum Gasteiger partial charge on any atom is 0.220 e. The Bertz CT molecular complexity index is 559. The molecule has 0 radical (unpaired) electrons. The second-order valence-corrected chi connectivity index (χ2v) is 5.63. The van der Waals surface area contributed by atoms with Crippen molar-refractivity contribution in [3.63, 3.8) is 0 Å². The third kappa shape index (κ3) is 4.29. The number of nitrogens with one attached hydrogen (secondary N) is 2. The first kappa shape index (κ1) is 15.5. The number of nitrogens with zero attached hydrogens (tertiary/aromatic N) is 1. The molecule has 0 saturated heterocycles. The lowest BCUT2D eigenvalue weighted by Gasteiger charge is -2.21. The van der Waals surface area contributed by atoms with E-state index in [1.165, 1.54) is 0 Å². The second-order valence-electron chi connectivity index (χ2n) is 5.63. The van der Waals surface area contributed by atoms with Gasteiger partial charge in [-0.15, -0.1) is 0 Å². The third-order valence-electron chi connectivity index (χ3n) is 3.62. The fourth-order valence-electron chi connectivity index (χ4n) is 2.35. The van der Waals surface area contributed by atoms with Crippen LogP contribution in [0.15, 0.2) is 24.3 Å². The van der Waals surface area contributed by atoms with E-state index in [1.807, 2.05) is 38.1 Å². The van der Waals surface area contributed by atoms with E-state index in [9.17, 15) is 4.79 Å². The van der Waals surface area contributed by atoms with Gasteiger partial charge in [0.1, 0.15) is 5.82 Å². The Kier molecular flexibility index (Phi) is 5.33. The van der Waals surface area contributed by atoms with Crippen LogP contribution >= 0.6 is 0 Å². The highest BCUT2D eigenvalue weighted by molar-refractivity contribution is 5.77. The lowest BCUT2D eigenvalue weighted by Crippen LogP contribution is -2.39. The Morgan fingerprint density at radius 1 is 1.38 bits per heavy atom. The molecule has 21 heavy (non-hydrogen) atoms. The van der Waals surface area contributed by atoms with E-state index in [4.69, 9.17) is 5.11 Å². The molecule has 0 spiro atoms. The van der Waals surface area contributed by atoms with Crippen molar-refractivity contribution in [3.05, 3.63) is 30.1 Å². The van der Waals surface area contributed by atoms with Crippen molar-refractivity contribution in [2.75, 3.05) is 6.61 Å². The molecule has 0 bridgehead atoms. The zero-order valence-corrected chi connectivity index (χ0v) is 12.6. The number of benzene rings is 1. The summed E-state index contributed by atoms with van der Waals surface area (Å²) in [5.74, 6) is 1.14. The normalized spacial score (nSPS) is 12.8. The van der Waals surface area contributed by atoms with Gasteiger partial charge in [0.2, 0.25) is 5.91 Å². The van der Waals surface area contributed by atoms with Gasteiger partial charge in [-0.25, -0.2) is 4.98 Å². The summed E-state index contributed by atoms with van der Waals surface area (Å²) in [4.78, 5) is 19.7. The van der Waals surface area contributed by atoms with Gasteiger partial charge in [-0.2, -0.15) is 0 Å². The van der Waals surface area contributed by atoms with Crippen LogP contribution in [0.4, 0.5) is 0 Å². The molecular weight excluding hydrogens is 266 g/mol. The molecule has 0 aliphatic heterocycles. The summed E-state index contributed by atoms with van der Waals surface area (Å²) in [6.07, 6.45) is 1.58. The summed E-state index contributed by atoms with van der Waals surface area (Å²) in [6, 6.07) is 7.85. The molecule has 0 aliphatic rings. The Hall–Kier alpha value is -1.88. The topological polar surface area (TPSA) is 78.0 Å². The van der Waals surface area contributed by atoms with Crippen LogP contribution in [-0.4, -0.2) is 33.6 Å². The van der Waals surface area contributed by atoms with Crippen LogP contribution in [0.3, 0.4) is 0 Å². The Morgan fingerprint density at radius 2 is 2.14 bits per heavy atom. The molecule has 114 valence electrons. The van der Waals surface area contributed by atoms with Gasteiger partial charge in [0.05, 0.1) is 11.0 Å². The molecular formula is C16H23N3O2. The molecule has 0 aliphatic carbocycles. The summed E-state index contributed by atoms with van der Waals surface area (Å²) in [7, 11) is 0. The summed E-state index contributed by atoms with van der Waals surface area (Å²) in [6.45, 7) is 4.17. The maximum absolute atomic E-state index is 12.0. The van der Waals surface area contributed by atoms with Crippen LogP contribution in [-0.2, 0) is 11.2 Å². The van der Waals surface area contributed by atoms with E-state index in [2.05, 4.69) is 15.3 Å². The average Bonchev–Trinajstić information content (AvgIpc) is 2.87. The van der Waals surface area contributed by atoms with Crippen molar-refractivity contribution in [2.45, 2.75) is 39.2 Å². The molecule has 1 amide bonds. The van der Waals surface area contributed by atoms with Gasteiger partial charge in [0, 0.05) is 25.5 Å². The maximum atomic E-state index is 12.0. The molecule has 1 atom stereocenters. The molecule has 5 nitrogen and oxygen atoms in total. The Labute approximate surface area is 124 Å². The van der Waals surface area contributed by atoms with Gasteiger partial charge in [0.15, 0.2) is 0 Å². The van der Waals surface area contributed by atoms with E-state index in [0.717, 1.165) is 16.9 Å². The summed E-state index contributed by atoms with van der Waals surface area (Å²) in [5.41, 5.74) is 1.92. The number of aryl methyl sites for hydroxylation is 1. The van der Waals surface area contributed by atoms with Crippen molar-refractivity contribution in [1.82, 2.24) is 15.3 Å². The molecule has 1 heterocycles. The number of amides is 1. The van der Waals surface area contributed by atoms with Crippen molar-refractivity contribution in [1.29, 1.82) is 0 Å². The van der Waals surface area contributed by atoms with E-state index in [-0.39, 0.29) is 18.6 Å². The van der Waals surface area contributed by atoms with E-state index in [1.54, 1.807) is 0 Å². The highest BCUT2D eigenvalue weighted by Gasteiger charge is 2.15. The highest BCUT2D eigenvalue weighted by atomic mass is 16.3. The number of para-hydroxylation sites is 2. The zero-order valence-electron chi connectivity index (χ0n) is 12.6. The minimum Gasteiger partial charge on any atom is -0.396 e. The SMILES string of the molecule is CC(C)C(CCO)NC(=O)CCc1nc2ccccc2[nH]1. The van der Waals surface area contributed by atoms with Crippen LogP contribution in [0, 0.1) is 5.92 Å². The van der Waals surface area contributed by atoms with Gasteiger partial charge in [0.25, 0.3) is 0 Å². The number of carbonyl (C=O) groups excluding carboxylic acids is 1. The predicted octanol–water partition coefficient (Wildman–Crippen LogP) is 2.02. The Morgan fingerprint density at radius 3 is 2.81 bits per heavy atom. The van der Waals surface area contributed by atoms with Crippen molar-refractivity contribution in [2.24, 2.45) is 5.92 Å². The second kappa shape index (κ2) is 7.22. The number of rotatable bonds is 7. The molecule has 1 unspecified atom stereocenters. The quantitative estimate of drug-likeness (QED) is 0.729. The fourth-order valence-corrected chi connectivity index (χ4v) is 2.35. The van der Waals surface area contributed by atoms with Crippen molar-refractivity contribution in [3.8, 4) is 0 Å². The fraction of sp³-hybridized carbons (Fsp3) is 0.500. The summed E-state index contributed by atoms with van der Waals surface area (Å²) in [5, 5.41) is 12.0. The Balaban J connectivity index is 1.88. The van der Waals surface area contributed by atoms with Gasteiger partial charge >= 0.3 is 0 Å². The highest BCUT2D eigenvalue weighted by Crippen LogP contribution is 2.11. The largest absolute Gasteiger partial charge is 0.396 e. The number of aliphatic hydroxyl groups excluding tert-OH is 1. The first-order valence-corrected chi connectivity index (χ1v) is 7.44. The first-order chi connectivity index (χ1) is 10.1. The molecule has 2 aromatic rings. The number of imidazole rings is 1. The predicted molar refractivity (Wildman–Crippen MR) is 82.9 cm³/mol. The molecule has 2 rings (SSSR count). The summed E-state index contributed by atoms with van der Waals surface area (Å²) >= 11 is 0. The smallest absolute Gasteiger partial charge is 0.220 e. The molecule has 0 saturated carbocycles. The summed E-state index contributed by atoms with van der Waals surface area (Å²) < 4.78 is 0.